The molecule has 0 N–H and O–H groups in total. The predicted octanol–water partition coefficient (Wildman–Crippen LogP) is 3.38. The van der Waals surface area contributed by atoms with E-state index in [1.54, 1.807) is 11.3 Å². The van der Waals surface area contributed by atoms with Crippen molar-refractivity contribution in [2.45, 2.75) is 38.4 Å². The van der Waals surface area contributed by atoms with Crippen LogP contribution in [0.15, 0.2) is 22.7 Å². The Labute approximate surface area is 145 Å². The molecule has 0 radical (unpaired) electrons. The third-order valence-electron chi connectivity index (χ3n) is 4.11. The Hall–Kier alpha value is -1.34. The lowest BCUT2D eigenvalue weighted by Crippen LogP contribution is -2.40. The van der Waals surface area contributed by atoms with E-state index in [0.717, 1.165) is 41.9 Å². The Morgan fingerprint density at radius 1 is 1.48 bits per heavy atom. The highest BCUT2D eigenvalue weighted by molar-refractivity contribution is 7.99. The molecule has 2 aromatic rings. The second kappa shape index (κ2) is 7.49. The molecule has 3 rings (SSSR count). The van der Waals surface area contributed by atoms with Gasteiger partial charge >= 0.3 is 0 Å². The summed E-state index contributed by atoms with van der Waals surface area (Å²) >= 11 is 3.15. The maximum absolute atomic E-state index is 12.4. The number of hydrogen-bond acceptors (Lipinski definition) is 5. The fourth-order valence-corrected chi connectivity index (χ4v) is 4.52. The first-order valence-electron chi connectivity index (χ1n) is 8.06. The standard InChI is InChI=1S/C16H22N4OS2/c1-3-20-15(13-7-5-9-22-13)17-18-16(20)23-11-14(21)19-8-4-6-12(2)10-19/h5,7,9,12H,3-4,6,8,10-11H2,1-2H3/t12-/m1/s1. The molecule has 2 aromatic heterocycles. The summed E-state index contributed by atoms with van der Waals surface area (Å²) in [4.78, 5) is 15.5. The first-order valence-corrected chi connectivity index (χ1v) is 9.93. The SMILES string of the molecule is CCn1c(SCC(=O)N2CCC[C@@H](C)C2)nnc1-c1cccs1. The quantitative estimate of drug-likeness (QED) is 0.776. The normalized spacial score (nSPS) is 18.3. The number of carbonyl (C=O) groups excluding carboxylic acids is 1. The smallest absolute Gasteiger partial charge is 0.233 e. The molecular formula is C16H22N4OS2. The molecule has 0 unspecified atom stereocenters. The Kier molecular flexibility index (Phi) is 5.38. The molecule has 0 spiro atoms. The maximum atomic E-state index is 12.4. The summed E-state index contributed by atoms with van der Waals surface area (Å²) in [5.74, 6) is 2.16. The van der Waals surface area contributed by atoms with E-state index < -0.39 is 0 Å². The van der Waals surface area contributed by atoms with Gasteiger partial charge in [0.05, 0.1) is 10.6 Å². The first kappa shape index (κ1) is 16.5. The van der Waals surface area contributed by atoms with Gasteiger partial charge in [-0.15, -0.1) is 21.5 Å². The number of aromatic nitrogens is 3. The van der Waals surface area contributed by atoms with Gasteiger partial charge in [-0.1, -0.05) is 24.8 Å². The maximum Gasteiger partial charge on any atom is 0.233 e. The molecule has 7 heteroatoms. The number of amides is 1. The van der Waals surface area contributed by atoms with E-state index in [2.05, 4.69) is 34.7 Å². The van der Waals surface area contributed by atoms with Crippen molar-refractivity contribution in [2.24, 2.45) is 5.92 Å². The van der Waals surface area contributed by atoms with Crippen molar-refractivity contribution >= 4 is 29.0 Å². The zero-order valence-corrected chi connectivity index (χ0v) is 15.2. The van der Waals surface area contributed by atoms with Crippen LogP contribution in [0.2, 0.25) is 0 Å². The van der Waals surface area contributed by atoms with Crippen LogP contribution in [0, 0.1) is 5.92 Å². The average molecular weight is 351 g/mol. The van der Waals surface area contributed by atoms with Crippen LogP contribution in [-0.2, 0) is 11.3 Å². The minimum absolute atomic E-state index is 0.213. The van der Waals surface area contributed by atoms with Crippen LogP contribution in [0.25, 0.3) is 10.7 Å². The van der Waals surface area contributed by atoms with Gasteiger partial charge in [-0.25, -0.2) is 0 Å². The molecule has 1 aliphatic heterocycles. The van der Waals surface area contributed by atoms with Crippen LogP contribution in [-0.4, -0.2) is 44.4 Å². The van der Waals surface area contributed by atoms with Crippen molar-refractivity contribution in [3.05, 3.63) is 17.5 Å². The van der Waals surface area contributed by atoms with Crippen LogP contribution in [0.4, 0.5) is 0 Å². The van der Waals surface area contributed by atoms with E-state index in [4.69, 9.17) is 0 Å². The minimum Gasteiger partial charge on any atom is -0.342 e. The molecule has 1 saturated heterocycles. The second-order valence-electron chi connectivity index (χ2n) is 5.90. The van der Waals surface area contributed by atoms with Gasteiger partial charge in [0.1, 0.15) is 0 Å². The molecule has 1 amide bonds. The van der Waals surface area contributed by atoms with Crippen LogP contribution in [0.3, 0.4) is 0 Å². The van der Waals surface area contributed by atoms with Crippen molar-refractivity contribution in [1.82, 2.24) is 19.7 Å². The zero-order valence-electron chi connectivity index (χ0n) is 13.6. The summed E-state index contributed by atoms with van der Waals surface area (Å²) in [5.41, 5.74) is 0. The lowest BCUT2D eigenvalue weighted by molar-refractivity contribution is -0.130. The summed E-state index contributed by atoms with van der Waals surface area (Å²) in [5, 5.41) is 11.5. The number of hydrogen-bond donors (Lipinski definition) is 0. The Bertz CT molecular complexity index is 653. The van der Waals surface area contributed by atoms with E-state index >= 15 is 0 Å². The van der Waals surface area contributed by atoms with Crippen LogP contribution in [0.5, 0.6) is 0 Å². The van der Waals surface area contributed by atoms with E-state index in [-0.39, 0.29) is 5.91 Å². The van der Waals surface area contributed by atoms with Crippen molar-refractivity contribution in [1.29, 1.82) is 0 Å². The average Bonchev–Trinajstić information content (AvgIpc) is 3.21. The summed E-state index contributed by atoms with van der Waals surface area (Å²) in [6, 6.07) is 4.07. The lowest BCUT2D eigenvalue weighted by atomic mass is 10.0. The highest BCUT2D eigenvalue weighted by Gasteiger charge is 2.22. The fraction of sp³-hybridized carbons (Fsp3) is 0.562. The van der Waals surface area contributed by atoms with Gasteiger partial charge in [-0.2, -0.15) is 0 Å². The molecule has 124 valence electrons. The molecule has 1 atom stereocenters. The highest BCUT2D eigenvalue weighted by Crippen LogP contribution is 2.27. The highest BCUT2D eigenvalue weighted by atomic mass is 32.2. The van der Waals surface area contributed by atoms with Crippen molar-refractivity contribution in [3.8, 4) is 10.7 Å². The van der Waals surface area contributed by atoms with Crippen molar-refractivity contribution < 1.29 is 4.79 Å². The zero-order chi connectivity index (χ0) is 16.2. The number of rotatable bonds is 5. The van der Waals surface area contributed by atoms with E-state index in [1.807, 2.05) is 16.3 Å². The number of likely N-dealkylation sites (tertiary alicyclic amines) is 1. The molecule has 3 heterocycles. The Morgan fingerprint density at radius 2 is 2.35 bits per heavy atom. The number of nitrogens with zero attached hydrogens (tertiary/aromatic N) is 4. The summed E-state index contributed by atoms with van der Waals surface area (Å²) in [6.07, 6.45) is 2.34. The number of thioether (sulfide) groups is 1. The van der Waals surface area contributed by atoms with Gasteiger partial charge in [-0.3, -0.25) is 4.79 Å². The first-order chi connectivity index (χ1) is 11.2. The second-order valence-corrected chi connectivity index (χ2v) is 7.79. The monoisotopic (exact) mass is 350 g/mol. The van der Waals surface area contributed by atoms with Crippen LogP contribution in [0.1, 0.15) is 26.7 Å². The Balaban J connectivity index is 1.65. The Morgan fingerprint density at radius 3 is 3.04 bits per heavy atom. The van der Waals surface area contributed by atoms with Gasteiger partial charge in [-0.05, 0) is 37.1 Å². The van der Waals surface area contributed by atoms with E-state index in [1.165, 1.54) is 18.2 Å². The third-order valence-corrected chi connectivity index (χ3v) is 5.93. The van der Waals surface area contributed by atoms with Gasteiger partial charge in [0.15, 0.2) is 11.0 Å². The molecule has 5 nitrogen and oxygen atoms in total. The molecule has 1 fully saturated rings. The van der Waals surface area contributed by atoms with Crippen molar-refractivity contribution in [2.75, 3.05) is 18.8 Å². The predicted molar refractivity (Wildman–Crippen MR) is 94.7 cm³/mol. The summed E-state index contributed by atoms with van der Waals surface area (Å²) in [7, 11) is 0. The van der Waals surface area contributed by atoms with Gasteiger partial charge in [0.25, 0.3) is 0 Å². The third kappa shape index (κ3) is 3.77. The number of piperidine rings is 1. The van der Waals surface area contributed by atoms with Gasteiger partial charge < -0.3 is 9.47 Å². The van der Waals surface area contributed by atoms with Gasteiger partial charge in [0.2, 0.25) is 5.91 Å². The van der Waals surface area contributed by atoms with Crippen molar-refractivity contribution in [3.63, 3.8) is 0 Å². The molecule has 0 bridgehead atoms. The molecule has 23 heavy (non-hydrogen) atoms. The summed E-state index contributed by atoms with van der Waals surface area (Å²) < 4.78 is 2.09. The lowest BCUT2D eigenvalue weighted by Gasteiger charge is -2.30. The number of thiophene rings is 1. The summed E-state index contributed by atoms with van der Waals surface area (Å²) in [6.45, 7) is 6.88. The fourth-order valence-electron chi connectivity index (χ4n) is 2.90. The van der Waals surface area contributed by atoms with Crippen LogP contribution >= 0.6 is 23.1 Å². The van der Waals surface area contributed by atoms with Crippen LogP contribution < -0.4 is 0 Å². The van der Waals surface area contributed by atoms with E-state index in [9.17, 15) is 4.79 Å². The molecule has 0 aromatic carbocycles. The molecule has 1 aliphatic rings. The largest absolute Gasteiger partial charge is 0.342 e. The van der Waals surface area contributed by atoms with E-state index in [0.29, 0.717) is 11.7 Å². The molecular weight excluding hydrogens is 328 g/mol. The number of carbonyl (C=O) groups is 1. The topological polar surface area (TPSA) is 51.0 Å². The molecule has 0 saturated carbocycles. The minimum atomic E-state index is 0.213. The molecule has 0 aliphatic carbocycles. The van der Waals surface area contributed by atoms with Gasteiger partial charge in [0, 0.05) is 19.6 Å².